The number of allylic oxidation sites excluding steroid dienone is 1. The molecule has 8 rings (SSSR count). The molecule has 12 nitrogen and oxygen atoms in total. The van der Waals surface area contributed by atoms with Crippen LogP contribution in [0.1, 0.15) is 68.9 Å². The molecule has 0 spiro atoms. The van der Waals surface area contributed by atoms with Gasteiger partial charge in [0, 0.05) is 50.8 Å². The van der Waals surface area contributed by atoms with Gasteiger partial charge in [-0.2, -0.15) is 4.31 Å². The van der Waals surface area contributed by atoms with Crippen molar-refractivity contribution in [2.24, 2.45) is 22.9 Å². The number of rotatable bonds is 20. The van der Waals surface area contributed by atoms with Gasteiger partial charge in [-0.15, -0.1) is 6.58 Å². The minimum Gasteiger partial charge on any atom is -0.460 e. The van der Waals surface area contributed by atoms with E-state index in [-0.39, 0.29) is 61.4 Å². The number of amides is 1. The lowest BCUT2D eigenvalue weighted by Crippen LogP contribution is -2.69. The molecule has 1 heterocycles. The van der Waals surface area contributed by atoms with Gasteiger partial charge in [0.15, 0.2) is 0 Å². The summed E-state index contributed by atoms with van der Waals surface area (Å²) in [6.45, 7) is 5.78. The molecule has 346 valence electrons. The lowest BCUT2D eigenvalue weighted by atomic mass is 9.55. The molecule has 0 aromatic heterocycles. The van der Waals surface area contributed by atoms with Gasteiger partial charge in [0.05, 0.1) is 29.2 Å². The molecule has 5 aromatic carbocycles. The molecule has 1 saturated carbocycles. The average Bonchev–Trinajstić information content (AvgIpc) is 3.32. The number of unbranched alkanes of at least 4 members (excludes halogenated alkanes) is 2. The highest BCUT2D eigenvalue weighted by atomic mass is 32.2. The number of ether oxygens (including phenoxy) is 3. The summed E-state index contributed by atoms with van der Waals surface area (Å²) in [5, 5.41) is 29.7. The Morgan fingerprint density at radius 2 is 1.59 bits per heavy atom. The zero-order valence-electron chi connectivity index (χ0n) is 37.6. The summed E-state index contributed by atoms with van der Waals surface area (Å²) in [4.78, 5) is 18.0. The van der Waals surface area contributed by atoms with Crippen LogP contribution in [0, 0.1) is 17.8 Å². The fourth-order valence-corrected chi connectivity index (χ4v) is 11.5. The fourth-order valence-electron chi connectivity index (χ4n) is 10.1. The number of carbonyl (C=O) groups excluding carboxylic acids is 1. The summed E-state index contributed by atoms with van der Waals surface area (Å²) in [6, 6.07) is 34.8. The van der Waals surface area contributed by atoms with Gasteiger partial charge in [-0.25, -0.2) is 8.42 Å². The SMILES string of the molecule is C=CCO[C@@]12Oc3ccc(Oc4ccc5ccccc5c4)cc3[C@H]3[C@H](CCCCO)[C@@H](CCCCO)C=C(C(=NOCc4ccccc4)C[C@@H]1N(C)S(=O)(=O)c1ccc(NC(C)=O)cc1)[C@H]32. The highest BCUT2D eigenvalue weighted by Crippen LogP contribution is 2.62. The van der Waals surface area contributed by atoms with Gasteiger partial charge in [0.2, 0.25) is 21.7 Å². The highest BCUT2D eigenvalue weighted by molar-refractivity contribution is 7.89. The van der Waals surface area contributed by atoms with Crippen molar-refractivity contribution in [3.8, 4) is 17.2 Å². The van der Waals surface area contributed by atoms with Crippen LogP contribution in [0.25, 0.3) is 10.8 Å². The zero-order valence-corrected chi connectivity index (χ0v) is 38.4. The topological polar surface area (TPSA) is 156 Å². The van der Waals surface area contributed by atoms with E-state index >= 15 is 0 Å². The van der Waals surface area contributed by atoms with Gasteiger partial charge in [-0.1, -0.05) is 90.8 Å². The molecule has 13 heteroatoms. The molecular weight excluding hydrogens is 855 g/mol. The van der Waals surface area contributed by atoms with Gasteiger partial charge in [0.1, 0.15) is 23.9 Å². The van der Waals surface area contributed by atoms with Gasteiger partial charge < -0.3 is 34.6 Å². The van der Waals surface area contributed by atoms with Crippen LogP contribution < -0.4 is 14.8 Å². The Hall–Kier alpha value is -5.83. The van der Waals surface area contributed by atoms with E-state index in [1.54, 1.807) is 25.3 Å². The normalized spacial score (nSPS) is 22.8. The van der Waals surface area contributed by atoms with Gasteiger partial charge >= 0.3 is 0 Å². The number of sulfonamides is 1. The van der Waals surface area contributed by atoms with Crippen molar-refractivity contribution in [1.82, 2.24) is 4.31 Å². The third-order valence-electron chi connectivity index (χ3n) is 13.1. The number of carbonyl (C=O) groups is 1. The molecule has 2 aliphatic carbocycles. The van der Waals surface area contributed by atoms with Crippen LogP contribution >= 0.6 is 0 Å². The summed E-state index contributed by atoms with van der Waals surface area (Å²) < 4.78 is 52.2. The van der Waals surface area contributed by atoms with Crippen LogP contribution in [0.3, 0.4) is 0 Å². The second-order valence-corrected chi connectivity index (χ2v) is 19.4. The molecule has 0 unspecified atom stereocenters. The molecule has 0 radical (unpaired) electrons. The molecule has 66 heavy (non-hydrogen) atoms. The first-order valence-corrected chi connectivity index (χ1v) is 24.3. The Bertz CT molecular complexity index is 2670. The van der Waals surface area contributed by atoms with Gasteiger partial charge in [-0.3, -0.25) is 4.79 Å². The Labute approximate surface area is 387 Å². The molecule has 5 aromatic rings. The summed E-state index contributed by atoms with van der Waals surface area (Å²) in [5.74, 6) is -0.959. The number of hydrogen-bond donors (Lipinski definition) is 3. The van der Waals surface area contributed by atoms with Crippen molar-refractivity contribution in [2.75, 3.05) is 32.2 Å². The van der Waals surface area contributed by atoms with Crippen molar-refractivity contribution in [3.05, 3.63) is 151 Å². The van der Waals surface area contributed by atoms with Crippen molar-refractivity contribution in [3.63, 3.8) is 0 Å². The van der Waals surface area contributed by atoms with E-state index in [4.69, 9.17) is 24.2 Å². The molecular formula is C53H59N3O9S. The summed E-state index contributed by atoms with van der Waals surface area (Å²) >= 11 is 0. The number of benzene rings is 5. The number of likely N-dealkylation sites (N-methyl/N-ethyl adjacent to an activating group) is 1. The van der Waals surface area contributed by atoms with Crippen LogP contribution in [0.15, 0.2) is 150 Å². The van der Waals surface area contributed by atoms with Crippen molar-refractivity contribution in [2.45, 2.75) is 81.1 Å². The van der Waals surface area contributed by atoms with Crippen molar-refractivity contribution >= 4 is 38.1 Å². The molecule has 3 aliphatic rings. The van der Waals surface area contributed by atoms with E-state index in [1.807, 2.05) is 78.9 Å². The van der Waals surface area contributed by atoms with E-state index in [2.05, 4.69) is 30.1 Å². The molecule has 0 bridgehead atoms. The van der Waals surface area contributed by atoms with Crippen LogP contribution in [0.5, 0.6) is 17.2 Å². The van der Waals surface area contributed by atoms with E-state index in [9.17, 15) is 23.4 Å². The lowest BCUT2D eigenvalue weighted by Gasteiger charge is -2.59. The Balaban J connectivity index is 1.31. The third-order valence-corrected chi connectivity index (χ3v) is 15.0. The molecule has 1 fully saturated rings. The Kier molecular flexibility index (Phi) is 14.7. The smallest absolute Gasteiger partial charge is 0.243 e. The number of fused-ring (bicyclic) bond motifs is 3. The third kappa shape index (κ3) is 9.82. The quantitative estimate of drug-likeness (QED) is 0.0393. The first-order chi connectivity index (χ1) is 32.1. The zero-order chi connectivity index (χ0) is 46.3. The van der Waals surface area contributed by atoms with E-state index < -0.39 is 27.8 Å². The summed E-state index contributed by atoms with van der Waals surface area (Å²) in [5.41, 5.74) is 3.73. The average molecular weight is 914 g/mol. The lowest BCUT2D eigenvalue weighted by molar-refractivity contribution is -0.250. The molecule has 1 aliphatic heterocycles. The number of oxime groups is 1. The predicted octanol–water partition coefficient (Wildman–Crippen LogP) is 9.75. The Morgan fingerprint density at radius 3 is 2.32 bits per heavy atom. The van der Waals surface area contributed by atoms with E-state index in [0.717, 1.165) is 53.2 Å². The van der Waals surface area contributed by atoms with Crippen molar-refractivity contribution < 1.29 is 42.5 Å². The van der Waals surface area contributed by atoms with Gasteiger partial charge in [-0.05, 0) is 114 Å². The maximum atomic E-state index is 15.0. The fraction of sp³-hybridized carbons (Fsp3) is 0.358. The molecule has 0 saturated heterocycles. The highest BCUT2D eigenvalue weighted by Gasteiger charge is 2.65. The first kappa shape index (κ1) is 46.7. The van der Waals surface area contributed by atoms with Crippen LogP contribution in [0.2, 0.25) is 0 Å². The summed E-state index contributed by atoms with van der Waals surface area (Å²) in [7, 11) is -2.70. The van der Waals surface area contributed by atoms with Crippen LogP contribution in [-0.4, -0.2) is 73.3 Å². The molecule has 6 atom stereocenters. The van der Waals surface area contributed by atoms with E-state index in [1.165, 1.54) is 23.4 Å². The number of aliphatic hydroxyl groups excluding tert-OH is 2. The molecule has 1 amide bonds. The largest absolute Gasteiger partial charge is 0.460 e. The first-order valence-electron chi connectivity index (χ1n) is 22.8. The van der Waals surface area contributed by atoms with E-state index in [0.29, 0.717) is 41.5 Å². The number of nitrogens with one attached hydrogen (secondary N) is 1. The Morgan fingerprint density at radius 1 is 0.894 bits per heavy atom. The number of hydrogen-bond acceptors (Lipinski definition) is 10. The van der Waals surface area contributed by atoms with Gasteiger partial charge in [0.25, 0.3) is 0 Å². The number of nitrogens with zero attached hydrogens (tertiary/aromatic N) is 2. The van der Waals surface area contributed by atoms with Crippen LogP contribution in [0.4, 0.5) is 5.69 Å². The maximum absolute atomic E-state index is 15.0. The van der Waals surface area contributed by atoms with Crippen LogP contribution in [-0.2, 0) is 31.0 Å². The minimum atomic E-state index is -4.25. The number of aliphatic hydroxyl groups is 2. The standard InChI is InChI=1S/C53H59N3O9S/c1-4-30-62-53-50(56(3)66(60,61)44-25-21-41(22-26-44)54-36(2)59)34-48(55-63-35-37-14-6-5-7-15-37)46-32-40(18-10-12-28-57)45(19-11-13-29-58)51(52(46)53)47-33-43(24-27-49(47)65-53)64-42-23-20-38-16-8-9-17-39(38)31-42/h4-9,14-17,20-27,31-33,40,45,50-52,57-58H,1,10-13,18-19,28-30,34-35H2,2-3H3,(H,54,59)/t40-,45+,50-,51+,52+,53+/m0/s1. The van der Waals surface area contributed by atoms with Crippen molar-refractivity contribution in [1.29, 1.82) is 0 Å². The maximum Gasteiger partial charge on any atom is 0.243 e. The molecule has 3 N–H and O–H groups in total. The number of anilines is 1. The predicted molar refractivity (Wildman–Crippen MR) is 256 cm³/mol. The second-order valence-electron chi connectivity index (χ2n) is 17.4. The summed E-state index contributed by atoms with van der Waals surface area (Å²) in [6.07, 6.45) is 8.32. The minimum absolute atomic E-state index is 0.0130. The monoisotopic (exact) mass is 913 g/mol. The second kappa shape index (κ2) is 20.8.